The number of para-hydroxylation sites is 1. The van der Waals surface area contributed by atoms with Crippen molar-refractivity contribution in [3.05, 3.63) is 78.2 Å². The van der Waals surface area contributed by atoms with E-state index in [1.54, 1.807) is 12.5 Å². The van der Waals surface area contributed by atoms with Crippen molar-refractivity contribution in [2.24, 2.45) is 0 Å². The summed E-state index contributed by atoms with van der Waals surface area (Å²) in [5.41, 5.74) is 3.26. The number of rotatable bonds is 2. The molecule has 108 valence electrons. The van der Waals surface area contributed by atoms with Gasteiger partial charge in [0, 0.05) is 0 Å². The lowest BCUT2D eigenvalue weighted by Crippen LogP contribution is -2.36. The fourth-order valence-electron chi connectivity index (χ4n) is 2.89. The van der Waals surface area contributed by atoms with Crippen LogP contribution in [0.3, 0.4) is 0 Å². The SMILES string of the molecule is O=C(Cc1ccccc1)N1Cc2ccccc2-n2cncc21. The fraction of sp³-hybridized carbons (Fsp3) is 0.111. The van der Waals surface area contributed by atoms with Gasteiger partial charge in [0.1, 0.15) is 12.1 Å². The van der Waals surface area contributed by atoms with Crippen molar-refractivity contribution in [1.29, 1.82) is 0 Å². The number of hydrogen-bond donors (Lipinski definition) is 0. The quantitative estimate of drug-likeness (QED) is 0.727. The molecular formula is C18H15N3O. The summed E-state index contributed by atoms with van der Waals surface area (Å²) < 4.78 is 1.97. The number of fused-ring (bicyclic) bond motifs is 3. The number of hydrogen-bond acceptors (Lipinski definition) is 2. The molecule has 4 rings (SSSR count). The van der Waals surface area contributed by atoms with Gasteiger partial charge in [0.05, 0.1) is 24.8 Å². The van der Waals surface area contributed by atoms with Crippen LogP contribution < -0.4 is 4.90 Å². The molecule has 2 aromatic carbocycles. The Bertz CT molecular complexity index is 823. The van der Waals surface area contributed by atoms with Crippen LogP contribution in [0.4, 0.5) is 5.82 Å². The van der Waals surface area contributed by atoms with Gasteiger partial charge in [-0.25, -0.2) is 4.98 Å². The number of carbonyl (C=O) groups is 1. The molecule has 0 saturated carbocycles. The van der Waals surface area contributed by atoms with E-state index < -0.39 is 0 Å². The number of amides is 1. The second-order valence-corrected chi connectivity index (χ2v) is 5.39. The highest BCUT2D eigenvalue weighted by Gasteiger charge is 2.26. The summed E-state index contributed by atoms with van der Waals surface area (Å²) in [6.45, 7) is 0.591. The molecule has 1 aliphatic heterocycles. The number of nitrogens with zero attached hydrogens (tertiary/aromatic N) is 3. The Hall–Kier alpha value is -2.88. The van der Waals surface area contributed by atoms with Crippen LogP contribution in [0, 0.1) is 0 Å². The molecule has 3 aromatic rings. The molecule has 0 fully saturated rings. The standard InChI is InChI=1S/C18H15N3O/c22-18(10-14-6-2-1-3-7-14)20-12-15-8-4-5-9-16(15)21-13-19-11-17(20)21/h1-9,11,13H,10,12H2. The van der Waals surface area contributed by atoms with Gasteiger partial charge in [-0.2, -0.15) is 0 Å². The third-order valence-electron chi connectivity index (χ3n) is 3.97. The van der Waals surface area contributed by atoms with Crippen LogP contribution in [0.15, 0.2) is 67.1 Å². The van der Waals surface area contributed by atoms with Gasteiger partial charge in [0.2, 0.25) is 5.91 Å². The zero-order valence-electron chi connectivity index (χ0n) is 12.0. The van der Waals surface area contributed by atoms with Crippen LogP contribution in [0.1, 0.15) is 11.1 Å². The maximum absolute atomic E-state index is 12.7. The molecule has 0 unspecified atom stereocenters. The highest BCUT2D eigenvalue weighted by atomic mass is 16.2. The molecule has 0 aliphatic carbocycles. The summed E-state index contributed by atoms with van der Waals surface area (Å²) in [5.74, 6) is 0.919. The average molecular weight is 289 g/mol. The maximum atomic E-state index is 12.7. The molecule has 0 N–H and O–H groups in total. The molecular weight excluding hydrogens is 274 g/mol. The second-order valence-electron chi connectivity index (χ2n) is 5.39. The smallest absolute Gasteiger partial charge is 0.232 e. The number of carbonyl (C=O) groups excluding carboxylic acids is 1. The first kappa shape index (κ1) is 12.8. The van der Waals surface area contributed by atoms with Crippen molar-refractivity contribution in [2.75, 3.05) is 4.90 Å². The Balaban J connectivity index is 1.68. The van der Waals surface area contributed by atoms with Crippen LogP contribution in [0.25, 0.3) is 5.69 Å². The first-order valence-electron chi connectivity index (χ1n) is 7.28. The Morgan fingerprint density at radius 1 is 1.05 bits per heavy atom. The number of imidazole rings is 1. The Morgan fingerprint density at radius 2 is 1.82 bits per heavy atom. The molecule has 1 amide bonds. The van der Waals surface area contributed by atoms with Gasteiger partial charge in [-0.05, 0) is 17.2 Å². The Kier molecular flexibility index (Phi) is 3.00. The van der Waals surface area contributed by atoms with Crippen LogP contribution >= 0.6 is 0 Å². The van der Waals surface area contributed by atoms with Crippen molar-refractivity contribution < 1.29 is 4.79 Å². The monoisotopic (exact) mass is 289 g/mol. The van der Waals surface area contributed by atoms with E-state index in [9.17, 15) is 4.79 Å². The predicted molar refractivity (Wildman–Crippen MR) is 84.9 cm³/mol. The molecule has 1 aliphatic rings. The van der Waals surface area contributed by atoms with Gasteiger partial charge in [-0.1, -0.05) is 48.5 Å². The third-order valence-corrected chi connectivity index (χ3v) is 3.97. The first-order valence-corrected chi connectivity index (χ1v) is 7.28. The fourth-order valence-corrected chi connectivity index (χ4v) is 2.89. The summed E-state index contributed by atoms with van der Waals surface area (Å²) in [5, 5.41) is 0. The number of benzene rings is 2. The summed E-state index contributed by atoms with van der Waals surface area (Å²) >= 11 is 0. The number of anilines is 1. The summed E-state index contributed by atoms with van der Waals surface area (Å²) in [6.07, 6.45) is 3.91. The minimum absolute atomic E-state index is 0.0856. The van der Waals surface area contributed by atoms with Gasteiger partial charge in [0.15, 0.2) is 0 Å². The largest absolute Gasteiger partial charge is 0.292 e. The lowest BCUT2D eigenvalue weighted by Gasteiger charge is -2.29. The van der Waals surface area contributed by atoms with Crippen molar-refractivity contribution in [1.82, 2.24) is 9.55 Å². The van der Waals surface area contributed by atoms with Crippen molar-refractivity contribution >= 4 is 11.7 Å². The third kappa shape index (κ3) is 2.09. The molecule has 0 saturated heterocycles. The van der Waals surface area contributed by atoms with E-state index in [2.05, 4.69) is 17.1 Å². The number of aromatic nitrogens is 2. The van der Waals surface area contributed by atoms with Crippen molar-refractivity contribution in [3.8, 4) is 5.69 Å². The predicted octanol–water partition coefficient (Wildman–Crippen LogP) is 2.96. The summed E-state index contributed by atoms with van der Waals surface area (Å²) in [6, 6.07) is 17.9. The Labute approximate surface area is 128 Å². The minimum Gasteiger partial charge on any atom is -0.292 e. The molecule has 0 bridgehead atoms. The van der Waals surface area contributed by atoms with Crippen LogP contribution in [-0.4, -0.2) is 15.5 Å². The van der Waals surface area contributed by atoms with E-state index in [0.717, 1.165) is 22.6 Å². The molecule has 0 radical (unpaired) electrons. The molecule has 22 heavy (non-hydrogen) atoms. The minimum atomic E-state index is 0.0856. The van der Waals surface area contributed by atoms with Gasteiger partial charge in [0.25, 0.3) is 0 Å². The van der Waals surface area contributed by atoms with E-state index in [1.807, 2.05) is 51.9 Å². The van der Waals surface area contributed by atoms with Gasteiger partial charge >= 0.3 is 0 Å². The molecule has 0 atom stereocenters. The first-order chi connectivity index (χ1) is 10.8. The molecule has 4 heteroatoms. The van der Waals surface area contributed by atoms with Gasteiger partial charge < -0.3 is 0 Å². The van der Waals surface area contributed by atoms with Crippen molar-refractivity contribution in [2.45, 2.75) is 13.0 Å². The van der Waals surface area contributed by atoms with Crippen molar-refractivity contribution in [3.63, 3.8) is 0 Å². The Morgan fingerprint density at radius 3 is 2.68 bits per heavy atom. The van der Waals surface area contributed by atoms with Gasteiger partial charge in [-0.3, -0.25) is 14.3 Å². The normalized spacial score (nSPS) is 12.6. The molecule has 4 nitrogen and oxygen atoms in total. The summed E-state index contributed by atoms with van der Waals surface area (Å²) in [7, 11) is 0. The topological polar surface area (TPSA) is 38.1 Å². The van der Waals surface area contributed by atoms with Crippen LogP contribution in [0.2, 0.25) is 0 Å². The molecule has 2 heterocycles. The highest BCUT2D eigenvalue weighted by molar-refractivity contribution is 5.95. The van der Waals surface area contributed by atoms with Gasteiger partial charge in [-0.15, -0.1) is 0 Å². The van der Waals surface area contributed by atoms with E-state index in [0.29, 0.717) is 13.0 Å². The summed E-state index contributed by atoms with van der Waals surface area (Å²) in [4.78, 5) is 18.7. The second kappa shape index (κ2) is 5.15. The van der Waals surface area contributed by atoms with Crippen LogP contribution in [0.5, 0.6) is 0 Å². The zero-order valence-corrected chi connectivity index (χ0v) is 12.0. The lowest BCUT2D eigenvalue weighted by atomic mass is 10.1. The highest BCUT2D eigenvalue weighted by Crippen LogP contribution is 2.30. The zero-order chi connectivity index (χ0) is 14.9. The molecule has 0 spiro atoms. The van der Waals surface area contributed by atoms with E-state index in [1.165, 1.54) is 0 Å². The van der Waals surface area contributed by atoms with E-state index in [-0.39, 0.29) is 5.91 Å². The lowest BCUT2D eigenvalue weighted by molar-refractivity contribution is -0.118. The molecule has 1 aromatic heterocycles. The van der Waals surface area contributed by atoms with E-state index in [4.69, 9.17) is 0 Å². The van der Waals surface area contributed by atoms with E-state index >= 15 is 0 Å². The average Bonchev–Trinajstić information content (AvgIpc) is 3.05. The maximum Gasteiger partial charge on any atom is 0.232 e. The van der Waals surface area contributed by atoms with Crippen LogP contribution in [-0.2, 0) is 17.8 Å².